The molecule has 3 N–H and O–H groups in total. The summed E-state index contributed by atoms with van der Waals surface area (Å²) >= 11 is 5.11. The zero-order valence-corrected chi connectivity index (χ0v) is 16.4. The minimum atomic E-state index is -4.48. The Morgan fingerprint density at radius 1 is 1.03 bits per heavy atom. The van der Waals surface area contributed by atoms with Crippen LogP contribution >= 0.6 is 12.2 Å². The predicted octanol–water partition coefficient (Wildman–Crippen LogP) is 4.61. The highest BCUT2D eigenvalue weighted by molar-refractivity contribution is 7.80. The van der Waals surface area contributed by atoms with Crippen molar-refractivity contribution in [2.45, 2.75) is 6.18 Å². The van der Waals surface area contributed by atoms with E-state index >= 15 is 0 Å². The summed E-state index contributed by atoms with van der Waals surface area (Å²) in [6, 6.07) is 14.4. The topological polar surface area (TPSA) is 75.5 Å². The summed E-state index contributed by atoms with van der Waals surface area (Å²) in [4.78, 5) is 12.2. The van der Waals surface area contributed by atoms with Crippen LogP contribution in [0.5, 0.6) is 5.75 Å². The highest BCUT2D eigenvalue weighted by Gasteiger charge is 2.30. The largest absolute Gasteiger partial charge is 0.495 e. The zero-order chi connectivity index (χ0) is 21.7. The van der Waals surface area contributed by atoms with Gasteiger partial charge in [0, 0.05) is 5.56 Å². The van der Waals surface area contributed by atoms with Crippen molar-refractivity contribution in [3.05, 3.63) is 72.0 Å². The molecule has 0 fully saturated rings. The van der Waals surface area contributed by atoms with Gasteiger partial charge >= 0.3 is 12.1 Å². The van der Waals surface area contributed by atoms with E-state index < -0.39 is 17.6 Å². The molecule has 30 heavy (non-hydrogen) atoms. The molecule has 0 unspecified atom stereocenters. The maximum atomic E-state index is 12.9. The van der Waals surface area contributed by atoms with Crippen molar-refractivity contribution in [3.63, 3.8) is 0 Å². The lowest BCUT2D eigenvalue weighted by Gasteiger charge is -2.13. The van der Waals surface area contributed by atoms with Crippen molar-refractivity contribution in [1.29, 1.82) is 0 Å². The average molecular weight is 435 g/mol. The summed E-state index contributed by atoms with van der Waals surface area (Å²) in [6.45, 7) is 0. The molecular weight excluding hydrogens is 419 g/mol. The van der Waals surface area contributed by atoms with E-state index in [-0.39, 0.29) is 22.2 Å². The maximum absolute atomic E-state index is 12.9. The van der Waals surface area contributed by atoms with Crippen LogP contribution in [0.4, 0.5) is 18.9 Å². The third-order valence-corrected chi connectivity index (χ3v) is 4.15. The van der Waals surface area contributed by atoms with Gasteiger partial charge in [-0.15, -0.1) is 0 Å². The van der Waals surface area contributed by atoms with Gasteiger partial charge in [0.2, 0.25) is 0 Å². The molecule has 3 aromatic rings. The number of hydrazine groups is 1. The number of hydrogen-bond acceptors (Lipinski definition) is 4. The van der Waals surface area contributed by atoms with Crippen molar-refractivity contribution in [2.75, 3.05) is 12.4 Å². The van der Waals surface area contributed by atoms with Crippen molar-refractivity contribution >= 4 is 28.9 Å². The molecule has 0 atom stereocenters. The Bertz CT molecular complexity index is 1070. The normalized spacial score (nSPS) is 10.9. The Hall–Kier alpha value is -3.53. The highest BCUT2D eigenvalue weighted by atomic mass is 32.1. The van der Waals surface area contributed by atoms with Crippen LogP contribution in [0, 0.1) is 0 Å². The number of ether oxygens (including phenoxy) is 1. The first-order valence-electron chi connectivity index (χ1n) is 8.56. The Balaban J connectivity index is 1.62. The van der Waals surface area contributed by atoms with Crippen LogP contribution in [0.25, 0.3) is 11.3 Å². The molecule has 0 aliphatic heterocycles. The number of methoxy groups -OCH3 is 1. The number of carbonyl (C=O) groups excluding carboxylic acids is 1. The van der Waals surface area contributed by atoms with Gasteiger partial charge in [0.1, 0.15) is 11.5 Å². The van der Waals surface area contributed by atoms with Gasteiger partial charge < -0.3 is 14.5 Å². The number of para-hydroxylation sites is 2. The van der Waals surface area contributed by atoms with E-state index in [0.717, 1.165) is 12.1 Å². The number of furan rings is 1. The number of alkyl halides is 3. The second kappa shape index (κ2) is 8.87. The van der Waals surface area contributed by atoms with Crippen LogP contribution < -0.4 is 20.9 Å². The lowest BCUT2D eigenvalue weighted by Crippen LogP contribution is -2.43. The van der Waals surface area contributed by atoms with E-state index in [1.165, 1.54) is 31.4 Å². The third kappa shape index (κ3) is 5.09. The first-order valence-corrected chi connectivity index (χ1v) is 8.96. The van der Waals surface area contributed by atoms with Crippen molar-refractivity contribution in [3.8, 4) is 17.1 Å². The van der Waals surface area contributed by atoms with Crippen LogP contribution in [-0.4, -0.2) is 18.1 Å². The Labute approximate surface area is 175 Å². The van der Waals surface area contributed by atoms with Crippen LogP contribution in [-0.2, 0) is 6.18 Å². The summed E-state index contributed by atoms with van der Waals surface area (Å²) in [5, 5.41) is 2.96. The fourth-order valence-corrected chi connectivity index (χ4v) is 2.70. The first-order chi connectivity index (χ1) is 14.3. The maximum Gasteiger partial charge on any atom is 0.416 e. The second-order valence-corrected chi connectivity index (χ2v) is 6.38. The van der Waals surface area contributed by atoms with Crippen LogP contribution in [0.1, 0.15) is 16.1 Å². The van der Waals surface area contributed by atoms with E-state index in [2.05, 4.69) is 16.2 Å². The quantitative estimate of drug-likeness (QED) is 0.411. The molecule has 0 saturated heterocycles. The highest BCUT2D eigenvalue weighted by Crippen LogP contribution is 2.32. The molecule has 2 aromatic carbocycles. The summed E-state index contributed by atoms with van der Waals surface area (Å²) in [5.41, 5.74) is 4.85. The van der Waals surface area contributed by atoms with Crippen LogP contribution in [0.15, 0.2) is 65.1 Å². The van der Waals surface area contributed by atoms with E-state index in [0.29, 0.717) is 11.4 Å². The number of amides is 1. The molecule has 1 amide bonds. The average Bonchev–Trinajstić information content (AvgIpc) is 3.22. The van der Waals surface area contributed by atoms with Gasteiger partial charge in [0.25, 0.3) is 0 Å². The first kappa shape index (κ1) is 21.2. The smallest absolute Gasteiger partial charge is 0.416 e. The summed E-state index contributed by atoms with van der Waals surface area (Å²) in [7, 11) is 1.51. The number of anilines is 1. The van der Waals surface area contributed by atoms with E-state index in [1.54, 1.807) is 24.3 Å². The Morgan fingerprint density at radius 2 is 1.80 bits per heavy atom. The SMILES string of the molecule is COc1ccccc1NC(=S)NNC(=O)c1ccc(-c2cccc(C(F)(F)F)c2)o1. The van der Waals surface area contributed by atoms with Crippen molar-refractivity contribution in [1.82, 2.24) is 10.9 Å². The zero-order valence-electron chi connectivity index (χ0n) is 15.5. The fourth-order valence-electron chi connectivity index (χ4n) is 2.54. The van der Waals surface area contributed by atoms with Crippen molar-refractivity contribution < 1.29 is 27.1 Å². The van der Waals surface area contributed by atoms with Gasteiger partial charge in [-0.05, 0) is 48.6 Å². The number of rotatable bonds is 4. The molecule has 1 heterocycles. The third-order valence-electron chi connectivity index (χ3n) is 3.95. The van der Waals surface area contributed by atoms with E-state index in [1.807, 2.05) is 0 Å². The number of halogens is 3. The molecule has 0 bridgehead atoms. The van der Waals surface area contributed by atoms with Gasteiger partial charge in [-0.1, -0.05) is 24.3 Å². The molecule has 0 saturated carbocycles. The molecule has 1 aromatic heterocycles. The van der Waals surface area contributed by atoms with Gasteiger partial charge in [0.15, 0.2) is 10.9 Å². The fraction of sp³-hybridized carbons (Fsp3) is 0.100. The van der Waals surface area contributed by atoms with Crippen molar-refractivity contribution in [2.24, 2.45) is 0 Å². The number of carbonyl (C=O) groups is 1. The summed E-state index contributed by atoms with van der Waals surface area (Å²) in [6.07, 6.45) is -4.48. The number of thiocarbonyl (C=S) groups is 1. The van der Waals surface area contributed by atoms with E-state index in [4.69, 9.17) is 21.4 Å². The molecule has 0 aliphatic carbocycles. The summed E-state index contributed by atoms with van der Waals surface area (Å²) < 4.78 is 49.2. The van der Waals surface area contributed by atoms with Gasteiger partial charge in [0.05, 0.1) is 18.4 Å². The molecule has 0 aliphatic rings. The lowest BCUT2D eigenvalue weighted by molar-refractivity contribution is -0.137. The molecule has 10 heteroatoms. The van der Waals surface area contributed by atoms with Gasteiger partial charge in [-0.25, -0.2) is 0 Å². The van der Waals surface area contributed by atoms with Gasteiger partial charge in [-0.2, -0.15) is 13.2 Å². The van der Waals surface area contributed by atoms with E-state index in [9.17, 15) is 18.0 Å². The van der Waals surface area contributed by atoms with Crippen LogP contribution in [0.3, 0.4) is 0 Å². The second-order valence-electron chi connectivity index (χ2n) is 5.98. The molecule has 0 spiro atoms. The lowest BCUT2D eigenvalue weighted by atomic mass is 10.1. The molecule has 156 valence electrons. The molecule has 0 radical (unpaired) electrons. The molecular formula is C20H16F3N3O3S. The number of nitrogens with one attached hydrogen (secondary N) is 3. The van der Waals surface area contributed by atoms with Gasteiger partial charge in [-0.3, -0.25) is 15.6 Å². The molecule has 6 nitrogen and oxygen atoms in total. The predicted molar refractivity (Wildman–Crippen MR) is 109 cm³/mol. The standard InChI is InChI=1S/C20H16F3N3O3S/c1-28-16-8-3-2-7-14(16)24-19(30)26-25-18(27)17-10-9-15(29-17)12-5-4-6-13(11-12)20(21,22)23/h2-11H,1H3,(H,25,27)(H2,24,26,30). The minimum absolute atomic E-state index is 0.0949. The Morgan fingerprint density at radius 3 is 2.53 bits per heavy atom. The number of benzene rings is 2. The van der Waals surface area contributed by atoms with Crippen LogP contribution in [0.2, 0.25) is 0 Å². The summed E-state index contributed by atoms with van der Waals surface area (Å²) in [5.74, 6) is -0.0712. The minimum Gasteiger partial charge on any atom is -0.495 e. The number of hydrogen-bond donors (Lipinski definition) is 3. The monoisotopic (exact) mass is 435 g/mol. The molecule has 3 rings (SSSR count). The Kier molecular flexibility index (Phi) is 6.26.